The molecule has 0 radical (unpaired) electrons. The molecule has 1 amide bonds. The van der Waals surface area contributed by atoms with E-state index in [1.807, 2.05) is 33.7 Å². The summed E-state index contributed by atoms with van der Waals surface area (Å²) in [6.07, 6.45) is 3.52. The number of fused-ring (bicyclic) bond motifs is 1. The summed E-state index contributed by atoms with van der Waals surface area (Å²) >= 11 is 0. The van der Waals surface area contributed by atoms with E-state index in [-0.39, 0.29) is 11.9 Å². The number of nitrogens with two attached hydrogens (primary N) is 1. The SMILES string of the molecule is CN1CCN(c2ccc(C(=O)N3CC[C@H](O)[C@@H](n4cnc5c(N)ncnc54)CC3)cc2)CC1. The molecule has 10 nitrogen and oxygen atoms in total. The zero-order valence-electron chi connectivity index (χ0n) is 18.8. The van der Waals surface area contributed by atoms with E-state index in [9.17, 15) is 9.90 Å². The van der Waals surface area contributed by atoms with Gasteiger partial charge in [0.15, 0.2) is 11.5 Å². The van der Waals surface area contributed by atoms with Gasteiger partial charge in [-0.2, -0.15) is 0 Å². The fraction of sp³-hybridized carbons (Fsp3) is 0.478. The Morgan fingerprint density at radius 1 is 1.00 bits per heavy atom. The molecule has 1 aromatic carbocycles. The number of anilines is 2. The largest absolute Gasteiger partial charge is 0.391 e. The first kappa shape index (κ1) is 21.6. The Balaban J connectivity index is 1.28. The van der Waals surface area contributed by atoms with Gasteiger partial charge < -0.3 is 30.1 Å². The van der Waals surface area contributed by atoms with E-state index in [1.54, 1.807) is 6.33 Å². The monoisotopic (exact) mass is 450 g/mol. The number of benzene rings is 1. The second-order valence-corrected chi connectivity index (χ2v) is 8.92. The first-order valence-corrected chi connectivity index (χ1v) is 11.4. The Morgan fingerprint density at radius 2 is 1.73 bits per heavy atom. The molecule has 3 aromatic rings. The van der Waals surface area contributed by atoms with Crippen LogP contribution in [0, 0.1) is 0 Å². The molecule has 0 unspecified atom stereocenters. The van der Waals surface area contributed by atoms with Gasteiger partial charge in [-0.1, -0.05) is 0 Å². The molecule has 3 N–H and O–H groups in total. The fourth-order valence-corrected chi connectivity index (χ4v) is 4.78. The first-order chi connectivity index (χ1) is 16.0. The number of likely N-dealkylation sites (N-methyl/N-ethyl adjacent to an activating group) is 1. The minimum absolute atomic E-state index is 0.00478. The van der Waals surface area contributed by atoms with Crippen LogP contribution in [0.3, 0.4) is 0 Å². The number of nitrogens with zero attached hydrogens (tertiary/aromatic N) is 7. The maximum Gasteiger partial charge on any atom is 0.253 e. The Labute approximate surface area is 192 Å². The van der Waals surface area contributed by atoms with E-state index in [0.29, 0.717) is 48.5 Å². The highest BCUT2D eigenvalue weighted by molar-refractivity contribution is 5.94. The molecule has 2 aromatic heterocycles. The lowest BCUT2D eigenvalue weighted by Crippen LogP contribution is -2.44. The minimum Gasteiger partial charge on any atom is -0.391 e. The van der Waals surface area contributed by atoms with Crippen LogP contribution in [0.5, 0.6) is 0 Å². The lowest BCUT2D eigenvalue weighted by Gasteiger charge is -2.34. The predicted molar refractivity (Wildman–Crippen MR) is 126 cm³/mol. The van der Waals surface area contributed by atoms with Crippen LogP contribution in [0.2, 0.25) is 0 Å². The van der Waals surface area contributed by atoms with Crippen LogP contribution in [0.25, 0.3) is 11.2 Å². The number of aliphatic hydroxyl groups excluding tert-OH is 1. The van der Waals surface area contributed by atoms with Crippen molar-refractivity contribution in [2.24, 2.45) is 0 Å². The molecular formula is C23H30N8O2. The van der Waals surface area contributed by atoms with Crippen molar-refractivity contribution in [1.29, 1.82) is 0 Å². The average molecular weight is 451 g/mol. The van der Waals surface area contributed by atoms with Gasteiger partial charge in [0.05, 0.1) is 18.5 Å². The van der Waals surface area contributed by atoms with E-state index in [1.165, 1.54) is 6.33 Å². The number of imidazole rings is 1. The molecule has 4 heterocycles. The summed E-state index contributed by atoms with van der Waals surface area (Å²) in [6.45, 7) is 5.12. The minimum atomic E-state index is -0.615. The smallest absolute Gasteiger partial charge is 0.253 e. The summed E-state index contributed by atoms with van der Waals surface area (Å²) < 4.78 is 1.86. The van der Waals surface area contributed by atoms with Gasteiger partial charge in [0, 0.05) is 50.5 Å². The van der Waals surface area contributed by atoms with Crippen molar-refractivity contribution < 1.29 is 9.90 Å². The second kappa shape index (κ2) is 8.95. The maximum absolute atomic E-state index is 13.2. The summed E-state index contributed by atoms with van der Waals surface area (Å²) in [5.74, 6) is 0.313. The number of likely N-dealkylation sites (tertiary alicyclic amines) is 1. The number of amides is 1. The van der Waals surface area contributed by atoms with Gasteiger partial charge in [0.1, 0.15) is 11.8 Å². The van der Waals surface area contributed by atoms with Crippen molar-refractivity contribution in [3.63, 3.8) is 0 Å². The first-order valence-electron chi connectivity index (χ1n) is 11.4. The van der Waals surface area contributed by atoms with Crippen molar-refractivity contribution >= 4 is 28.6 Å². The number of piperazine rings is 1. The molecule has 174 valence electrons. The van der Waals surface area contributed by atoms with E-state index >= 15 is 0 Å². The Morgan fingerprint density at radius 3 is 2.48 bits per heavy atom. The lowest BCUT2D eigenvalue weighted by atomic mass is 10.1. The van der Waals surface area contributed by atoms with Crippen LogP contribution in [-0.4, -0.2) is 92.8 Å². The number of aromatic nitrogens is 4. The summed E-state index contributed by atoms with van der Waals surface area (Å²) in [5.41, 5.74) is 8.87. The van der Waals surface area contributed by atoms with Gasteiger partial charge >= 0.3 is 0 Å². The second-order valence-electron chi connectivity index (χ2n) is 8.92. The number of hydrogen-bond acceptors (Lipinski definition) is 8. The van der Waals surface area contributed by atoms with Gasteiger partial charge in [0.2, 0.25) is 0 Å². The normalized spacial score (nSPS) is 22.5. The molecule has 2 atom stereocenters. The zero-order chi connectivity index (χ0) is 22.9. The Bertz CT molecular complexity index is 1120. The Hall–Kier alpha value is -3.24. The van der Waals surface area contributed by atoms with Crippen LogP contribution >= 0.6 is 0 Å². The van der Waals surface area contributed by atoms with Crippen LogP contribution < -0.4 is 10.6 Å². The molecule has 10 heteroatoms. The molecule has 5 rings (SSSR count). The third-order valence-corrected chi connectivity index (χ3v) is 6.85. The molecule has 0 aliphatic carbocycles. The molecule has 2 fully saturated rings. The summed E-state index contributed by atoms with van der Waals surface area (Å²) in [5, 5.41) is 10.8. The van der Waals surface area contributed by atoms with Gasteiger partial charge in [-0.3, -0.25) is 4.79 Å². The van der Waals surface area contributed by atoms with Crippen molar-refractivity contribution in [2.45, 2.75) is 25.0 Å². The topological polar surface area (TPSA) is 117 Å². The molecule has 0 bridgehead atoms. The average Bonchev–Trinajstić information content (AvgIpc) is 3.17. The van der Waals surface area contributed by atoms with Crippen molar-refractivity contribution in [3.8, 4) is 0 Å². The zero-order valence-corrected chi connectivity index (χ0v) is 18.8. The van der Waals surface area contributed by atoms with E-state index in [0.717, 1.165) is 31.9 Å². The van der Waals surface area contributed by atoms with Crippen LogP contribution in [0.15, 0.2) is 36.9 Å². The molecular weight excluding hydrogens is 420 g/mol. The predicted octanol–water partition coefficient (Wildman–Crippen LogP) is 0.998. The summed E-state index contributed by atoms with van der Waals surface area (Å²) in [4.78, 5) is 32.3. The number of carbonyl (C=O) groups is 1. The molecule has 0 saturated carbocycles. The van der Waals surface area contributed by atoms with Crippen LogP contribution in [0.4, 0.5) is 11.5 Å². The van der Waals surface area contributed by atoms with Crippen molar-refractivity contribution in [1.82, 2.24) is 29.3 Å². The quantitative estimate of drug-likeness (QED) is 0.607. The van der Waals surface area contributed by atoms with Gasteiger partial charge in [-0.05, 0) is 44.2 Å². The highest BCUT2D eigenvalue weighted by Gasteiger charge is 2.30. The molecule has 0 spiro atoms. The third-order valence-electron chi connectivity index (χ3n) is 6.85. The third kappa shape index (κ3) is 4.23. The Kier molecular flexibility index (Phi) is 5.86. The maximum atomic E-state index is 13.2. The number of rotatable bonds is 3. The lowest BCUT2D eigenvalue weighted by molar-refractivity contribution is 0.0751. The standard InChI is InChI=1S/C23H30N8O2/c1-28-10-12-29(13-11-28)17-4-2-16(3-5-17)23(33)30-8-6-18(19(32)7-9-30)31-15-27-20-21(24)25-14-26-22(20)31/h2-5,14-15,18-19,32H,6-13H2,1H3,(H2,24,25,26)/t18-,19-/m0/s1. The molecule has 2 aliphatic rings. The summed E-state index contributed by atoms with van der Waals surface area (Å²) in [7, 11) is 2.14. The number of nitrogen functional groups attached to an aromatic ring is 1. The molecule has 33 heavy (non-hydrogen) atoms. The van der Waals surface area contributed by atoms with E-state index in [2.05, 4.69) is 31.8 Å². The number of hydrogen-bond donors (Lipinski definition) is 2. The molecule has 2 saturated heterocycles. The van der Waals surface area contributed by atoms with Crippen LogP contribution in [0.1, 0.15) is 29.2 Å². The number of aliphatic hydroxyl groups is 1. The fourth-order valence-electron chi connectivity index (χ4n) is 4.78. The van der Waals surface area contributed by atoms with E-state index < -0.39 is 6.10 Å². The van der Waals surface area contributed by atoms with E-state index in [4.69, 9.17) is 5.73 Å². The van der Waals surface area contributed by atoms with Gasteiger partial charge in [-0.15, -0.1) is 0 Å². The van der Waals surface area contributed by atoms with Gasteiger partial charge in [0.25, 0.3) is 5.91 Å². The van der Waals surface area contributed by atoms with Crippen molar-refractivity contribution in [2.75, 3.05) is 56.9 Å². The highest BCUT2D eigenvalue weighted by Crippen LogP contribution is 2.28. The highest BCUT2D eigenvalue weighted by atomic mass is 16.3. The molecule has 2 aliphatic heterocycles. The van der Waals surface area contributed by atoms with Crippen molar-refractivity contribution in [3.05, 3.63) is 42.5 Å². The summed E-state index contributed by atoms with van der Waals surface area (Å²) in [6, 6.07) is 7.67. The number of carbonyl (C=O) groups excluding carboxylic acids is 1. The van der Waals surface area contributed by atoms with Crippen LogP contribution in [-0.2, 0) is 0 Å². The van der Waals surface area contributed by atoms with Gasteiger partial charge in [-0.25, -0.2) is 15.0 Å².